The van der Waals surface area contributed by atoms with Gasteiger partial charge in [-0.3, -0.25) is 14.4 Å². The Morgan fingerprint density at radius 3 is 2.22 bits per heavy atom. The van der Waals surface area contributed by atoms with E-state index in [0.717, 1.165) is 0 Å². The molecule has 6 nitrogen and oxygen atoms in total. The van der Waals surface area contributed by atoms with Crippen LogP contribution in [0, 0.1) is 11.8 Å². The van der Waals surface area contributed by atoms with Crippen molar-refractivity contribution in [2.24, 2.45) is 11.8 Å². The number of ether oxygens (including phenoxy) is 1. The molecule has 1 fully saturated rings. The standard InChI is InChI=1S/C17H21NO5/c1-11(17(21)22)16(20)18-9-7-13(8-10-18)15(19)12-3-5-14(23-2)6-4-12/h3-6,11,13H,7-10H2,1-2H3,(H,21,22). The van der Waals surface area contributed by atoms with E-state index < -0.39 is 11.9 Å². The second-order valence-corrected chi connectivity index (χ2v) is 5.75. The van der Waals surface area contributed by atoms with E-state index in [4.69, 9.17) is 9.84 Å². The van der Waals surface area contributed by atoms with Gasteiger partial charge in [0.1, 0.15) is 11.7 Å². The molecule has 0 aliphatic carbocycles. The minimum absolute atomic E-state index is 0.0611. The number of carbonyl (C=O) groups excluding carboxylic acids is 2. The quantitative estimate of drug-likeness (QED) is 0.661. The van der Waals surface area contributed by atoms with Crippen molar-refractivity contribution in [1.29, 1.82) is 0 Å². The first-order chi connectivity index (χ1) is 10.9. The number of carboxylic acids is 1. The monoisotopic (exact) mass is 319 g/mol. The molecule has 0 radical (unpaired) electrons. The molecule has 1 saturated heterocycles. The fourth-order valence-corrected chi connectivity index (χ4v) is 2.73. The van der Waals surface area contributed by atoms with E-state index in [2.05, 4.69) is 0 Å². The van der Waals surface area contributed by atoms with Gasteiger partial charge in [-0.15, -0.1) is 0 Å². The number of ketones is 1. The highest BCUT2D eigenvalue weighted by atomic mass is 16.5. The van der Waals surface area contributed by atoms with Crippen molar-refractivity contribution in [3.63, 3.8) is 0 Å². The van der Waals surface area contributed by atoms with Crippen LogP contribution < -0.4 is 4.74 Å². The smallest absolute Gasteiger partial charge is 0.315 e. The van der Waals surface area contributed by atoms with Crippen LogP contribution in [0.3, 0.4) is 0 Å². The number of likely N-dealkylation sites (tertiary alicyclic amines) is 1. The number of amides is 1. The molecule has 0 spiro atoms. The van der Waals surface area contributed by atoms with Crippen LogP contribution in [0.4, 0.5) is 0 Å². The van der Waals surface area contributed by atoms with E-state index in [-0.39, 0.29) is 17.6 Å². The summed E-state index contributed by atoms with van der Waals surface area (Å²) in [6.07, 6.45) is 1.12. The average Bonchev–Trinajstić information content (AvgIpc) is 2.60. The van der Waals surface area contributed by atoms with E-state index in [0.29, 0.717) is 37.2 Å². The summed E-state index contributed by atoms with van der Waals surface area (Å²) >= 11 is 0. The highest BCUT2D eigenvalue weighted by Crippen LogP contribution is 2.24. The van der Waals surface area contributed by atoms with Crippen LogP contribution in [0.5, 0.6) is 5.75 Å². The van der Waals surface area contributed by atoms with Gasteiger partial charge >= 0.3 is 5.97 Å². The SMILES string of the molecule is COc1ccc(C(=O)C2CCN(C(=O)C(C)C(=O)O)CC2)cc1. The van der Waals surface area contributed by atoms with Gasteiger partial charge in [-0.1, -0.05) is 0 Å². The van der Waals surface area contributed by atoms with Gasteiger partial charge in [0.05, 0.1) is 7.11 Å². The zero-order valence-corrected chi connectivity index (χ0v) is 13.3. The Bertz CT molecular complexity index is 588. The fourth-order valence-electron chi connectivity index (χ4n) is 2.73. The second kappa shape index (κ2) is 7.26. The van der Waals surface area contributed by atoms with Crippen LogP contribution in [0.15, 0.2) is 24.3 Å². The molecule has 23 heavy (non-hydrogen) atoms. The summed E-state index contributed by atoms with van der Waals surface area (Å²) in [5.74, 6) is -1.91. The summed E-state index contributed by atoms with van der Waals surface area (Å²) in [6.45, 7) is 2.23. The van der Waals surface area contributed by atoms with E-state index in [1.54, 1.807) is 31.4 Å². The van der Waals surface area contributed by atoms with E-state index in [9.17, 15) is 14.4 Å². The number of aliphatic carboxylic acids is 1. The highest BCUT2D eigenvalue weighted by molar-refractivity contribution is 5.99. The summed E-state index contributed by atoms with van der Waals surface area (Å²) in [4.78, 5) is 36.9. The fraction of sp³-hybridized carbons (Fsp3) is 0.471. The van der Waals surface area contributed by atoms with Crippen LogP contribution >= 0.6 is 0 Å². The van der Waals surface area contributed by atoms with Gasteiger partial charge in [-0.2, -0.15) is 0 Å². The van der Waals surface area contributed by atoms with Gasteiger partial charge in [0.2, 0.25) is 5.91 Å². The Morgan fingerprint density at radius 1 is 1.17 bits per heavy atom. The molecule has 2 rings (SSSR count). The van der Waals surface area contributed by atoms with Crippen molar-refractivity contribution < 1.29 is 24.2 Å². The topological polar surface area (TPSA) is 83.9 Å². The molecule has 1 N–H and O–H groups in total. The van der Waals surface area contributed by atoms with Gasteiger partial charge in [0, 0.05) is 24.6 Å². The first-order valence-corrected chi connectivity index (χ1v) is 7.64. The average molecular weight is 319 g/mol. The maximum Gasteiger partial charge on any atom is 0.315 e. The molecule has 6 heteroatoms. The van der Waals surface area contributed by atoms with Gasteiger partial charge < -0.3 is 14.7 Å². The first-order valence-electron chi connectivity index (χ1n) is 7.64. The van der Waals surface area contributed by atoms with Gasteiger partial charge in [0.15, 0.2) is 5.78 Å². The maximum atomic E-state index is 12.5. The van der Waals surface area contributed by atoms with Gasteiger partial charge in [-0.25, -0.2) is 0 Å². The number of benzene rings is 1. The number of Topliss-reactive ketones (excluding diaryl/α,β-unsaturated/α-hetero) is 1. The summed E-state index contributed by atoms with van der Waals surface area (Å²) in [7, 11) is 1.57. The minimum Gasteiger partial charge on any atom is -0.497 e. The lowest BCUT2D eigenvalue weighted by molar-refractivity contribution is -0.150. The molecule has 124 valence electrons. The summed E-state index contributed by atoms with van der Waals surface area (Å²) in [5, 5.41) is 8.90. The number of rotatable bonds is 5. The molecule has 0 saturated carbocycles. The zero-order valence-electron chi connectivity index (χ0n) is 13.3. The Labute approximate surface area is 135 Å². The van der Waals surface area contributed by atoms with E-state index in [1.807, 2.05) is 0 Å². The van der Waals surface area contributed by atoms with Crippen LogP contribution in [-0.2, 0) is 9.59 Å². The minimum atomic E-state index is -1.12. The van der Waals surface area contributed by atoms with Crippen LogP contribution in [0.1, 0.15) is 30.1 Å². The van der Waals surface area contributed by atoms with Crippen molar-refractivity contribution in [3.8, 4) is 5.75 Å². The lowest BCUT2D eigenvalue weighted by atomic mass is 9.88. The molecule has 1 aromatic carbocycles. The molecular weight excluding hydrogens is 298 g/mol. The maximum absolute atomic E-state index is 12.5. The predicted octanol–water partition coefficient (Wildman–Crippen LogP) is 1.84. The summed E-state index contributed by atoms with van der Waals surface area (Å²) in [5.41, 5.74) is 0.634. The second-order valence-electron chi connectivity index (χ2n) is 5.75. The molecule has 1 aliphatic heterocycles. The Hall–Kier alpha value is -2.37. The number of hydrogen-bond donors (Lipinski definition) is 1. The molecule has 1 amide bonds. The van der Waals surface area contributed by atoms with E-state index in [1.165, 1.54) is 11.8 Å². The number of carboxylic acid groups (broad SMARTS) is 1. The molecule has 1 aromatic rings. The summed E-state index contributed by atoms with van der Waals surface area (Å²) < 4.78 is 5.07. The zero-order chi connectivity index (χ0) is 17.0. The lowest BCUT2D eigenvalue weighted by Gasteiger charge is -2.32. The first kappa shape index (κ1) is 17.0. The van der Waals surface area contributed by atoms with Crippen molar-refractivity contribution in [2.45, 2.75) is 19.8 Å². The third-order valence-electron chi connectivity index (χ3n) is 4.29. The predicted molar refractivity (Wildman–Crippen MR) is 83.4 cm³/mol. The lowest BCUT2D eigenvalue weighted by Crippen LogP contribution is -2.44. The molecule has 1 aliphatic rings. The highest BCUT2D eigenvalue weighted by Gasteiger charge is 2.31. The number of methoxy groups -OCH3 is 1. The Morgan fingerprint density at radius 2 is 1.74 bits per heavy atom. The van der Waals surface area contributed by atoms with Gasteiger partial charge in [0.25, 0.3) is 0 Å². The summed E-state index contributed by atoms with van der Waals surface area (Å²) in [6, 6.07) is 6.98. The normalized spacial score (nSPS) is 16.7. The molecule has 1 heterocycles. The Kier molecular flexibility index (Phi) is 5.36. The molecule has 0 bridgehead atoms. The number of piperidine rings is 1. The van der Waals surface area contributed by atoms with Crippen LogP contribution in [-0.4, -0.2) is 47.9 Å². The number of nitrogens with zero attached hydrogens (tertiary/aromatic N) is 1. The number of carbonyl (C=O) groups is 3. The Balaban J connectivity index is 1.94. The third-order valence-corrected chi connectivity index (χ3v) is 4.29. The van der Waals surface area contributed by atoms with Crippen LogP contribution in [0.2, 0.25) is 0 Å². The van der Waals surface area contributed by atoms with E-state index >= 15 is 0 Å². The molecule has 1 atom stereocenters. The number of hydrogen-bond acceptors (Lipinski definition) is 4. The van der Waals surface area contributed by atoms with Crippen LogP contribution in [0.25, 0.3) is 0 Å². The molecule has 1 unspecified atom stereocenters. The van der Waals surface area contributed by atoms with Crippen molar-refractivity contribution in [1.82, 2.24) is 4.90 Å². The van der Waals surface area contributed by atoms with Crippen molar-refractivity contribution >= 4 is 17.7 Å². The van der Waals surface area contributed by atoms with Crippen molar-refractivity contribution in [3.05, 3.63) is 29.8 Å². The van der Waals surface area contributed by atoms with Crippen molar-refractivity contribution in [2.75, 3.05) is 20.2 Å². The molecular formula is C17H21NO5. The molecule has 0 aromatic heterocycles. The van der Waals surface area contributed by atoms with Gasteiger partial charge in [-0.05, 0) is 44.0 Å². The largest absolute Gasteiger partial charge is 0.497 e. The third kappa shape index (κ3) is 3.88.